The molecular weight excluding hydrogens is 172 g/mol. The average molecular weight is 188 g/mol. The Morgan fingerprint density at radius 2 is 2.33 bits per heavy atom. The van der Waals surface area contributed by atoms with Gasteiger partial charge in [-0.25, -0.2) is 0 Å². The molecule has 0 aromatic rings. The Morgan fingerprint density at radius 1 is 1.67 bits per heavy atom. The quantitative estimate of drug-likeness (QED) is 0.683. The van der Waals surface area contributed by atoms with E-state index in [4.69, 9.17) is 5.73 Å². The van der Waals surface area contributed by atoms with Crippen LogP contribution in [0, 0.1) is 5.92 Å². The number of rotatable bonds is 4. The van der Waals surface area contributed by atoms with Crippen molar-refractivity contribution in [1.82, 2.24) is 4.90 Å². The zero-order chi connectivity index (χ0) is 8.97. The average Bonchev–Trinajstić information content (AvgIpc) is 1.99. The molecule has 0 aromatic heterocycles. The maximum Gasteiger partial charge on any atom is 0.223 e. The van der Waals surface area contributed by atoms with E-state index in [0.717, 1.165) is 18.8 Å². The van der Waals surface area contributed by atoms with Crippen LogP contribution in [-0.4, -0.2) is 42.4 Å². The highest BCUT2D eigenvalue weighted by molar-refractivity contribution is 7.98. The van der Waals surface area contributed by atoms with Crippen LogP contribution < -0.4 is 5.73 Å². The summed E-state index contributed by atoms with van der Waals surface area (Å²) in [4.78, 5) is 13.2. The van der Waals surface area contributed by atoms with Gasteiger partial charge in [0, 0.05) is 31.2 Å². The Hall–Kier alpha value is -0.220. The number of likely N-dealkylation sites (tertiary alicyclic amines) is 1. The number of amides is 1. The monoisotopic (exact) mass is 188 g/mol. The lowest BCUT2D eigenvalue weighted by atomic mass is 10.0. The van der Waals surface area contributed by atoms with Crippen LogP contribution in [0.3, 0.4) is 0 Å². The van der Waals surface area contributed by atoms with Crippen molar-refractivity contribution in [1.29, 1.82) is 0 Å². The molecule has 0 radical (unpaired) electrons. The van der Waals surface area contributed by atoms with Crippen LogP contribution >= 0.6 is 11.8 Å². The topological polar surface area (TPSA) is 46.3 Å². The summed E-state index contributed by atoms with van der Waals surface area (Å²) in [6.45, 7) is 2.47. The molecule has 1 heterocycles. The summed E-state index contributed by atoms with van der Waals surface area (Å²) in [5.41, 5.74) is 5.45. The van der Waals surface area contributed by atoms with Gasteiger partial charge in [-0.05, 0) is 12.8 Å². The fourth-order valence-corrected chi connectivity index (χ4v) is 1.65. The van der Waals surface area contributed by atoms with E-state index in [1.165, 1.54) is 0 Å². The van der Waals surface area contributed by atoms with Gasteiger partial charge in [-0.15, -0.1) is 0 Å². The zero-order valence-corrected chi connectivity index (χ0v) is 8.27. The number of carbonyl (C=O) groups is 1. The SMILES string of the molecule is CSCCC(=O)N1CC(CN)C1. The summed E-state index contributed by atoms with van der Waals surface area (Å²) in [6.07, 6.45) is 2.70. The summed E-state index contributed by atoms with van der Waals surface area (Å²) < 4.78 is 0. The molecule has 0 saturated carbocycles. The zero-order valence-electron chi connectivity index (χ0n) is 7.45. The molecule has 12 heavy (non-hydrogen) atoms. The molecular formula is C8H16N2OS. The Morgan fingerprint density at radius 3 is 2.83 bits per heavy atom. The minimum absolute atomic E-state index is 0.286. The van der Waals surface area contributed by atoms with Crippen LogP contribution in [0.2, 0.25) is 0 Å². The molecule has 0 aliphatic carbocycles. The summed E-state index contributed by atoms with van der Waals surface area (Å²) in [6, 6.07) is 0. The van der Waals surface area contributed by atoms with Gasteiger partial charge < -0.3 is 10.6 Å². The molecule has 4 heteroatoms. The van der Waals surface area contributed by atoms with Gasteiger partial charge in [0.25, 0.3) is 0 Å². The van der Waals surface area contributed by atoms with Crippen molar-refractivity contribution in [3.63, 3.8) is 0 Å². The van der Waals surface area contributed by atoms with Crippen LogP contribution in [-0.2, 0) is 4.79 Å². The van der Waals surface area contributed by atoms with Crippen molar-refractivity contribution in [2.24, 2.45) is 11.7 Å². The van der Waals surface area contributed by atoms with Gasteiger partial charge in [0.05, 0.1) is 0 Å². The summed E-state index contributed by atoms with van der Waals surface area (Å²) in [5.74, 6) is 1.78. The van der Waals surface area contributed by atoms with Crippen molar-refractivity contribution in [2.45, 2.75) is 6.42 Å². The first-order chi connectivity index (χ1) is 5.77. The largest absolute Gasteiger partial charge is 0.342 e. The molecule has 2 N–H and O–H groups in total. The highest BCUT2D eigenvalue weighted by Crippen LogP contribution is 2.15. The summed E-state index contributed by atoms with van der Waals surface area (Å²) in [5, 5.41) is 0. The predicted octanol–water partition coefficient (Wildman–Crippen LogP) is 0.157. The Bertz CT molecular complexity index is 157. The normalized spacial score (nSPS) is 17.7. The number of hydrogen-bond acceptors (Lipinski definition) is 3. The third kappa shape index (κ3) is 2.38. The molecule has 3 nitrogen and oxygen atoms in total. The summed E-state index contributed by atoms with van der Waals surface area (Å²) in [7, 11) is 0. The molecule has 1 aliphatic rings. The van der Waals surface area contributed by atoms with Crippen molar-refractivity contribution < 1.29 is 4.79 Å². The van der Waals surface area contributed by atoms with Gasteiger partial charge in [-0.2, -0.15) is 11.8 Å². The molecule has 0 unspecified atom stereocenters. The molecule has 70 valence electrons. The third-order valence-corrected chi connectivity index (χ3v) is 2.78. The van der Waals surface area contributed by atoms with E-state index in [2.05, 4.69) is 0 Å². The van der Waals surface area contributed by atoms with Gasteiger partial charge in [0.2, 0.25) is 5.91 Å². The molecule has 1 rings (SSSR count). The van der Waals surface area contributed by atoms with Crippen LogP contribution in [0.25, 0.3) is 0 Å². The maximum atomic E-state index is 11.3. The van der Waals surface area contributed by atoms with E-state index in [1.54, 1.807) is 11.8 Å². The molecule has 0 spiro atoms. The lowest BCUT2D eigenvalue weighted by molar-refractivity contribution is -0.136. The number of thioether (sulfide) groups is 1. The maximum absolute atomic E-state index is 11.3. The molecule has 0 atom stereocenters. The van der Waals surface area contributed by atoms with Crippen LogP contribution in [0.4, 0.5) is 0 Å². The highest BCUT2D eigenvalue weighted by atomic mass is 32.2. The van der Waals surface area contributed by atoms with Gasteiger partial charge in [-0.1, -0.05) is 0 Å². The lowest BCUT2D eigenvalue weighted by Gasteiger charge is -2.38. The molecule has 1 aliphatic heterocycles. The lowest BCUT2D eigenvalue weighted by Crippen LogP contribution is -2.52. The van der Waals surface area contributed by atoms with E-state index < -0.39 is 0 Å². The predicted molar refractivity (Wildman–Crippen MR) is 52.1 cm³/mol. The van der Waals surface area contributed by atoms with Gasteiger partial charge in [0.15, 0.2) is 0 Å². The second-order valence-corrected chi connectivity index (χ2v) is 4.13. The van der Waals surface area contributed by atoms with E-state index in [1.807, 2.05) is 11.2 Å². The molecule has 1 amide bonds. The standard InChI is InChI=1S/C8H16N2OS/c1-12-3-2-8(11)10-5-7(4-9)6-10/h7H,2-6,9H2,1H3. The van der Waals surface area contributed by atoms with E-state index in [9.17, 15) is 4.79 Å². The molecule has 1 saturated heterocycles. The minimum atomic E-state index is 0.286. The fraction of sp³-hybridized carbons (Fsp3) is 0.875. The van der Waals surface area contributed by atoms with Crippen molar-refractivity contribution in [3.05, 3.63) is 0 Å². The fourth-order valence-electron chi connectivity index (χ4n) is 1.27. The molecule has 0 aromatic carbocycles. The minimum Gasteiger partial charge on any atom is -0.342 e. The Balaban J connectivity index is 2.11. The summed E-state index contributed by atoms with van der Waals surface area (Å²) >= 11 is 1.72. The van der Waals surface area contributed by atoms with Crippen LogP contribution in [0.5, 0.6) is 0 Å². The number of carbonyl (C=O) groups excluding carboxylic acids is 1. The smallest absolute Gasteiger partial charge is 0.223 e. The molecule has 0 bridgehead atoms. The number of nitrogens with zero attached hydrogens (tertiary/aromatic N) is 1. The highest BCUT2D eigenvalue weighted by Gasteiger charge is 2.28. The second kappa shape index (κ2) is 4.72. The van der Waals surface area contributed by atoms with Gasteiger partial charge in [-0.3, -0.25) is 4.79 Å². The first kappa shape index (κ1) is 9.86. The Kier molecular flexibility index (Phi) is 3.88. The van der Waals surface area contributed by atoms with E-state index >= 15 is 0 Å². The van der Waals surface area contributed by atoms with E-state index in [0.29, 0.717) is 18.9 Å². The second-order valence-electron chi connectivity index (χ2n) is 3.14. The number of hydrogen-bond donors (Lipinski definition) is 1. The first-order valence-electron chi connectivity index (χ1n) is 4.24. The third-order valence-electron chi connectivity index (χ3n) is 2.16. The van der Waals surface area contributed by atoms with E-state index in [-0.39, 0.29) is 5.91 Å². The van der Waals surface area contributed by atoms with Crippen molar-refractivity contribution in [3.8, 4) is 0 Å². The van der Waals surface area contributed by atoms with Crippen molar-refractivity contribution in [2.75, 3.05) is 31.6 Å². The Labute approximate surface area is 77.7 Å². The number of nitrogens with two attached hydrogens (primary N) is 1. The van der Waals surface area contributed by atoms with Crippen molar-refractivity contribution >= 4 is 17.7 Å². The van der Waals surface area contributed by atoms with Gasteiger partial charge >= 0.3 is 0 Å². The molecule has 1 fully saturated rings. The van der Waals surface area contributed by atoms with Crippen LogP contribution in [0.15, 0.2) is 0 Å². The van der Waals surface area contributed by atoms with Crippen LogP contribution in [0.1, 0.15) is 6.42 Å². The van der Waals surface area contributed by atoms with Gasteiger partial charge in [0.1, 0.15) is 0 Å². The first-order valence-corrected chi connectivity index (χ1v) is 5.64.